The van der Waals surface area contributed by atoms with Crippen molar-refractivity contribution >= 4 is 34.7 Å². The minimum Gasteiger partial charge on any atom is -0.494 e. The number of benzene rings is 2. The Labute approximate surface area is 152 Å². The summed E-state index contributed by atoms with van der Waals surface area (Å²) < 4.78 is 5.22. The van der Waals surface area contributed by atoms with Gasteiger partial charge in [-0.25, -0.2) is 0 Å². The third-order valence-corrected chi connectivity index (χ3v) is 4.18. The van der Waals surface area contributed by atoms with Gasteiger partial charge in [0.1, 0.15) is 11.4 Å². The molecule has 0 saturated carbocycles. The maximum atomic E-state index is 12.1. The first kappa shape index (κ1) is 19.2. The Morgan fingerprint density at radius 2 is 1.81 bits per heavy atom. The topological polar surface area (TPSA) is 125 Å². The number of non-ortho nitro benzene ring substituents is 1. The Morgan fingerprint density at radius 1 is 1.12 bits per heavy atom. The number of nitrogens with zero attached hydrogens (tertiary/aromatic N) is 2. The molecule has 136 valence electrons. The molecule has 10 heteroatoms. The Hall–Kier alpha value is -3.14. The first-order valence-electron chi connectivity index (χ1n) is 7.49. The number of nitro benzene ring substituents is 2. The van der Waals surface area contributed by atoms with E-state index in [-0.39, 0.29) is 22.8 Å². The molecule has 0 aliphatic carbocycles. The lowest BCUT2D eigenvalue weighted by Crippen LogP contribution is -2.15. The highest BCUT2D eigenvalue weighted by molar-refractivity contribution is 8.00. The lowest BCUT2D eigenvalue weighted by molar-refractivity contribution is -0.384. The number of hydrogen-bond acceptors (Lipinski definition) is 7. The van der Waals surface area contributed by atoms with Crippen LogP contribution in [-0.2, 0) is 4.79 Å². The lowest BCUT2D eigenvalue weighted by atomic mass is 10.2. The van der Waals surface area contributed by atoms with Crippen molar-refractivity contribution in [2.75, 3.05) is 17.7 Å². The fraction of sp³-hybridized carbons (Fsp3) is 0.188. The van der Waals surface area contributed by atoms with Gasteiger partial charge in [0.15, 0.2) is 0 Å². The first-order valence-corrected chi connectivity index (χ1v) is 8.47. The average molecular weight is 377 g/mol. The minimum absolute atomic E-state index is 0.00216. The summed E-state index contributed by atoms with van der Waals surface area (Å²) in [6, 6.07) is 9.97. The van der Waals surface area contributed by atoms with Crippen LogP contribution in [0.1, 0.15) is 6.92 Å². The van der Waals surface area contributed by atoms with E-state index in [9.17, 15) is 25.0 Å². The van der Waals surface area contributed by atoms with Gasteiger partial charge in [-0.2, -0.15) is 0 Å². The molecule has 1 amide bonds. The number of anilines is 1. The summed E-state index contributed by atoms with van der Waals surface area (Å²) in [5.41, 5.74) is -0.221. The summed E-state index contributed by atoms with van der Waals surface area (Å²) in [5, 5.41) is 24.3. The maximum absolute atomic E-state index is 12.1. The van der Waals surface area contributed by atoms with Crippen LogP contribution in [0, 0.1) is 20.2 Å². The molecule has 2 aromatic rings. The SMILES string of the molecule is CCOc1ccc(NC(=O)CSc2ccc([N+](=O)[O-])cc2)c([N+](=O)[O-])c1. The normalized spacial score (nSPS) is 10.2. The van der Waals surface area contributed by atoms with Crippen molar-refractivity contribution in [1.82, 2.24) is 0 Å². The average Bonchev–Trinajstić information content (AvgIpc) is 2.61. The standard InChI is InChI=1S/C16H15N3O6S/c1-2-25-12-5-8-14(15(9-12)19(23)24)17-16(20)10-26-13-6-3-11(4-7-13)18(21)22/h3-9H,2,10H2,1H3,(H,17,20). The van der Waals surface area contributed by atoms with Gasteiger partial charge in [-0.1, -0.05) is 0 Å². The second-order valence-corrected chi connectivity index (χ2v) is 6.01. The smallest absolute Gasteiger partial charge is 0.296 e. The molecule has 0 heterocycles. The second kappa shape index (κ2) is 8.81. The molecule has 0 saturated heterocycles. The second-order valence-electron chi connectivity index (χ2n) is 4.96. The Morgan fingerprint density at radius 3 is 2.38 bits per heavy atom. The largest absolute Gasteiger partial charge is 0.494 e. The lowest BCUT2D eigenvalue weighted by Gasteiger charge is -2.08. The van der Waals surface area contributed by atoms with Gasteiger partial charge < -0.3 is 10.1 Å². The molecule has 0 aliphatic heterocycles. The maximum Gasteiger partial charge on any atom is 0.296 e. The number of rotatable bonds is 8. The van der Waals surface area contributed by atoms with Gasteiger partial charge in [0.05, 0.1) is 28.3 Å². The molecule has 9 nitrogen and oxygen atoms in total. The summed E-state index contributed by atoms with van der Waals surface area (Å²) in [6.07, 6.45) is 0. The molecule has 0 aromatic heterocycles. The van der Waals surface area contributed by atoms with Crippen LogP contribution in [0.3, 0.4) is 0 Å². The van der Waals surface area contributed by atoms with Crippen molar-refractivity contribution < 1.29 is 19.4 Å². The van der Waals surface area contributed by atoms with E-state index in [0.29, 0.717) is 17.3 Å². The third kappa shape index (κ3) is 5.18. The van der Waals surface area contributed by atoms with Gasteiger partial charge in [0.2, 0.25) is 5.91 Å². The molecule has 0 aliphatic rings. The molecule has 0 atom stereocenters. The van der Waals surface area contributed by atoms with Gasteiger partial charge in [0.25, 0.3) is 11.4 Å². The van der Waals surface area contributed by atoms with Crippen LogP contribution in [-0.4, -0.2) is 28.1 Å². The van der Waals surface area contributed by atoms with Gasteiger partial charge in [0, 0.05) is 17.0 Å². The van der Waals surface area contributed by atoms with Gasteiger partial charge in [-0.15, -0.1) is 11.8 Å². The van der Waals surface area contributed by atoms with Crippen molar-refractivity contribution in [1.29, 1.82) is 0 Å². The number of amides is 1. The molecule has 0 fully saturated rings. The number of nitrogens with one attached hydrogen (secondary N) is 1. The molecule has 2 aromatic carbocycles. The number of hydrogen-bond donors (Lipinski definition) is 1. The van der Waals surface area contributed by atoms with Gasteiger partial charge in [-0.3, -0.25) is 25.0 Å². The Bertz CT molecular complexity index is 825. The zero-order valence-electron chi connectivity index (χ0n) is 13.7. The summed E-state index contributed by atoms with van der Waals surface area (Å²) in [5.74, 6) is -0.0830. The summed E-state index contributed by atoms with van der Waals surface area (Å²) in [4.78, 5) is 33.4. The zero-order valence-corrected chi connectivity index (χ0v) is 14.5. The number of carbonyl (C=O) groups is 1. The molecule has 1 N–H and O–H groups in total. The van der Waals surface area contributed by atoms with Gasteiger partial charge in [-0.05, 0) is 31.2 Å². The minimum atomic E-state index is -0.596. The monoisotopic (exact) mass is 377 g/mol. The van der Waals surface area contributed by atoms with E-state index in [1.54, 1.807) is 6.92 Å². The van der Waals surface area contributed by atoms with E-state index in [4.69, 9.17) is 4.74 Å². The van der Waals surface area contributed by atoms with E-state index >= 15 is 0 Å². The van der Waals surface area contributed by atoms with Crippen LogP contribution in [0.5, 0.6) is 5.75 Å². The van der Waals surface area contributed by atoms with Crippen LogP contribution >= 0.6 is 11.8 Å². The Balaban J connectivity index is 2.00. The van der Waals surface area contributed by atoms with Crippen molar-refractivity contribution in [2.45, 2.75) is 11.8 Å². The predicted molar refractivity (Wildman–Crippen MR) is 96.7 cm³/mol. The number of nitro groups is 2. The van der Waals surface area contributed by atoms with Gasteiger partial charge >= 0.3 is 0 Å². The Kier molecular flexibility index (Phi) is 6.50. The molecule has 2 rings (SSSR count). The highest BCUT2D eigenvalue weighted by atomic mass is 32.2. The summed E-state index contributed by atoms with van der Waals surface area (Å²) in [7, 11) is 0. The zero-order chi connectivity index (χ0) is 19.1. The van der Waals surface area contributed by atoms with Crippen molar-refractivity contribution in [3.8, 4) is 5.75 Å². The predicted octanol–water partition coefficient (Wildman–Crippen LogP) is 3.63. The van der Waals surface area contributed by atoms with Crippen LogP contribution in [0.4, 0.5) is 17.1 Å². The van der Waals surface area contributed by atoms with Crippen LogP contribution in [0.25, 0.3) is 0 Å². The van der Waals surface area contributed by atoms with Crippen molar-refractivity contribution in [2.24, 2.45) is 0 Å². The number of ether oxygens (including phenoxy) is 1. The van der Waals surface area contributed by atoms with Crippen LogP contribution in [0.15, 0.2) is 47.4 Å². The van der Waals surface area contributed by atoms with Crippen LogP contribution in [0.2, 0.25) is 0 Å². The molecular formula is C16H15N3O6S. The van der Waals surface area contributed by atoms with Crippen LogP contribution < -0.4 is 10.1 Å². The fourth-order valence-electron chi connectivity index (χ4n) is 2.02. The van der Waals surface area contributed by atoms with E-state index < -0.39 is 15.8 Å². The summed E-state index contributed by atoms with van der Waals surface area (Å²) >= 11 is 1.16. The molecule has 0 radical (unpaired) electrons. The number of thioether (sulfide) groups is 1. The highest BCUT2D eigenvalue weighted by Crippen LogP contribution is 2.29. The summed E-state index contributed by atoms with van der Waals surface area (Å²) in [6.45, 7) is 2.13. The molecule has 0 spiro atoms. The third-order valence-electron chi connectivity index (χ3n) is 3.17. The van der Waals surface area contributed by atoms with E-state index in [1.165, 1.54) is 42.5 Å². The van der Waals surface area contributed by atoms with Crippen molar-refractivity contribution in [3.63, 3.8) is 0 Å². The van der Waals surface area contributed by atoms with E-state index in [1.807, 2.05) is 0 Å². The van der Waals surface area contributed by atoms with E-state index in [0.717, 1.165) is 11.8 Å². The quantitative estimate of drug-likeness (QED) is 0.423. The molecule has 0 unspecified atom stereocenters. The fourth-order valence-corrected chi connectivity index (χ4v) is 2.72. The molecule has 26 heavy (non-hydrogen) atoms. The van der Waals surface area contributed by atoms with Crippen molar-refractivity contribution in [3.05, 3.63) is 62.7 Å². The van der Waals surface area contributed by atoms with E-state index in [2.05, 4.69) is 5.32 Å². The molecule has 0 bridgehead atoms. The highest BCUT2D eigenvalue weighted by Gasteiger charge is 2.17. The first-order chi connectivity index (χ1) is 12.4. The molecular weight excluding hydrogens is 362 g/mol. The number of carbonyl (C=O) groups excluding carboxylic acids is 1.